The fraction of sp³-hybridized carbons (Fsp3) is 0.825. The van der Waals surface area contributed by atoms with Crippen molar-refractivity contribution >= 4 is 5.91 Å². The maximum atomic E-state index is 13.3. The number of nitrogens with one attached hydrogen (secondary N) is 1. The van der Waals surface area contributed by atoms with Gasteiger partial charge in [0, 0.05) is 6.42 Å². The van der Waals surface area contributed by atoms with Crippen molar-refractivity contribution in [2.75, 3.05) is 26.4 Å². The molecule has 0 aromatic heterocycles. The molecule has 0 saturated carbocycles. The Kier molecular flexibility index (Phi) is 41.2. The zero-order chi connectivity index (χ0) is 59.7. The third-order valence-electron chi connectivity index (χ3n) is 15.5. The van der Waals surface area contributed by atoms with Gasteiger partial charge in [0.05, 0.1) is 38.6 Å². The molecule has 3 aliphatic heterocycles. The molecule has 0 aromatic rings. The maximum Gasteiger partial charge on any atom is 0.220 e. The average molecular weight is 1170 g/mol. The lowest BCUT2D eigenvalue weighted by atomic mass is 9.96. The van der Waals surface area contributed by atoms with E-state index in [4.69, 9.17) is 28.4 Å². The summed E-state index contributed by atoms with van der Waals surface area (Å²) in [7, 11) is 0. The average Bonchev–Trinajstić information content (AvgIpc) is 3.39. The molecule has 476 valence electrons. The van der Waals surface area contributed by atoms with Crippen LogP contribution in [0.4, 0.5) is 0 Å². The standard InChI is InChI=1S/C63H111NO18/c1-3-5-7-9-11-13-15-17-19-21-22-23-25-26-28-30-32-34-36-38-40-47(68)46(64-51(69)41-39-37-35-33-31-29-27-24-20-18-16-14-12-10-8-6-4-2)45-77-61-57(75)54(72)59(49(43-66)79-61)82-63-58(76)55(73)60(50(44-67)80-63)81-62-56(74)53(71)52(70)48(42-65)78-62/h6,8,12,14,18,20,30,32,38,40,46-50,52-63,65-68,70-76H,3-5,7,9-11,13,15-17,19,21-29,31,33-37,39,41-45H2,1-2H3,(H,64,69)/b8-6-,14-12-,20-18-,32-30+,40-38+. The van der Waals surface area contributed by atoms with E-state index in [1.165, 1.54) is 83.5 Å². The fourth-order valence-electron chi connectivity index (χ4n) is 10.4. The fourth-order valence-corrected chi connectivity index (χ4v) is 10.4. The van der Waals surface area contributed by atoms with Crippen LogP contribution in [0.2, 0.25) is 0 Å². The van der Waals surface area contributed by atoms with E-state index in [9.17, 15) is 61.0 Å². The summed E-state index contributed by atoms with van der Waals surface area (Å²) in [6, 6.07) is -0.997. The Morgan fingerprint density at radius 3 is 1.37 bits per heavy atom. The molecule has 17 unspecified atom stereocenters. The van der Waals surface area contributed by atoms with Gasteiger partial charge in [-0.2, -0.15) is 0 Å². The first-order valence-corrected chi connectivity index (χ1v) is 31.5. The predicted molar refractivity (Wildman–Crippen MR) is 314 cm³/mol. The normalized spacial score (nSPS) is 30.0. The molecule has 19 heteroatoms. The summed E-state index contributed by atoms with van der Waals surface area (Å²) in [5.74, 6) is -0.298. The van der Waals surface area contributed by atoms with Crippen LogP contribution < -0.4 is 5.32 Å². The van der Waals surface area contributed by atoms with E-state index < -0.39 is 124 Å². The van der Waals surface area contributed by atoms with Gasteiger partial charge in [0.25, 0.3) is 0 Å². The molecule has 19 nitrogen and oxygen atoms in total. The van der Waals surface area contributed by atoms with E-state index in [0.717, 1.165) is 83.5 Å². The van der Waals surface area contributed by atoms with Crippen LogP contribution in [0.1, 0.15) is 200 Å². The third-order valence-corrected chi connectivity index (χ3v) is 15.5. The smallest absolute Gasteiger partial charge is 0.220 e. The highest BCUT2D eigenvalue weighted by Crippen LogP contribution is 2.33. The first kappa shape index (κ1) is 73.7. The summed E-state index contributed by atoms with van der Waals surface area (Å²) in [5.41, 5.74) is 0. The summed E-state index contributed by atoms with van der Waals surface area (Å²) >= 11 is 0. The molecule has 0 spiro atoms. The molecular formula is C63H111NO18. The van der Waals surface area contributed by atoms with Crippen molar-refractivity contribution in [3.8, 4) is 0 Å². The number of allylic oxidation sites excluding steroid dienone is 9. The number of hydrogen-bond donors (Lipinski definition) is 12. The van der Waals surface area contributed by atoms with Crippen LogP contribution in [-0.4, -0.2) is 193 Å². The second-order valence-electron chi connectivity index (χ2n) is 22.5. The van der Waals surface area contributed by atoms with Crippen LogP contribution >= 0.6 is 0 Å². The van der Waals surface area contributed by atoms with Gasteiger partial charge in [-0.3, -0.25) is 4.79 Å². The van der Waals surface area contributed by atoms with Crippen LogP contribution in [0.5, 0.6) is 0 Å². The minimum atomic E-state index is -1.98. The number of unbranched alkanes of at least 4 members (excludes halogenated alkanes) is 22. The molecule has 0 bridgehead atoms. The van der Waals surface area contributed by atoms with Crippen molar-refractivity contribution in [1.29, 1.82) is 0 Å². The van der Waals surface area contributed by atoms with Crippen LogP contribution in [0.15, 0.2) is 60.8 Å². The quantitative estimate of drug-likeness (QED) is 0.0231. The Hall–Kier alpha value is -2.51. The molecule has 0 radical (unpaired) electrons. The third kappa shape index (κ3) is 28.8. The Morgan fingerprint density at radius 1 is 0.451 bits per heavy atom. The molecule has 3 heterocycles. The molecule has 3 fully saturated rings. The summed E-state index contributed by atoms with van der Waals surface area (Å²) in [5, 5.41) is 120. The predicted octanol–water partition coefficient (Wildman–Crippen LogP) is 6.43. The Bertz CT molecular complexity index is 1730. The minimum Gasteiger partial charge on any atom is -0.394 e. The van der Waals surface area contributed by atoms with Crippen molar-refractivity contribution in [1.82, 2.24) is 5.32 Å². The largest absolute Gasteiger partial charge is 0.394 e. The second-order valence-corrected chi connectivity index (χ2v) is 22.5. The van der Waals surface area contributed by atoms with E-state index in [-0.39, 0.29) is 18.9 Å². The summed E-state index contributed by atoms with van der Waals surface area (Å²) in [6.07, 6.45) is 26.3. The summed E-state index contributed by atoms with van der Waals surface area (Å²) in [6.45, 7) is 1.58. The lowest BCUT2D eigenvalue weighted by Crippen LogP contribution is -2.66. The van der Waals surface area contributed by atoms with Gasteiger partial charge in [0.15, 0.2) is 18.9 Å². The number of rotatable bonds is 46. The Morgan fingerprint density at radius 2 is 0.854 bits per heavy atom. The highest BCUT2D eigenvalue weighted by atomic mass is 16.8. The molecule has 17 atom stereocenters. The first-order chi connectivity index (χ1) is 39.8. The number of amides is 1. The molecule has 0 aliphatic carbocycles. The summed E-state index contributed by atoms with van der Waals surface area (Å²) < 4.78 is 34.2. The van der Waals surface area contributed by atoms with Gasteiger partial charge in [-0.15, -0.1) is 0 Å². The van der Waals surface area contributed by atoms with Gasteiger partial charge in [-0.1, -0.05) is 190 Å². The highest BCUT2D eigenvalue weighted by molar-refractivity contribution is 5.76. The van der Waals surface area contributed by atoms with Crippen molar-refractivity contribution in [3.63, 3.8) is 0 Å². The summed E-state index contributed by atoms with van der Waals surface area (Å²) in [4.78, 5) is 13.3. The molecule has 3 saturated heterocycles. The Labute approximate surface area is 490 Å². The number of carbonyl (C=O) groups is 1. The van der Waals surface area contributed by atoms with Crippen LogP contribution in [0.25, 0.3) is 0 Å². The number of hydrogen-bond acceptors (Lipinski definition) is 18. The number of aliphatic hydroxyl groups is 11. The van der Waals surface area contributed by atoms with Gasteiger partial charge >= 0.3 is 0 Å². The zero-order valence-corrected chi connectivity index (χ0v) is 49.7. The zero-order valence-electron chi connectivity index (χ0n) is 49.7. The van der Waals surface area contributed by atoms with Gasteiger partial charge < -0.3 is 89.9 Å². The number of carbonyl (C=O) groups excluding carboxylic acids is 1. The minimum absolute atomic E-state index is 0.222. The van der Waals surface area contributed by atoms with E-state index in [0.29, 0.717) is 12.8 Å². The molecule has 1 amide bonds. The van der Waals surface area contributed by atoms with E-state index >= 15 is 0 Å². The number of ether oxygens (including phenoxy) is 6. The molecular weight excluding hydrogens is 1060 g/mol. The first-order valence-electron chi connectivity index (χ1n) is 31.5. The molecule has 0 aromatic carbocycles. The van der Waals surface area contributed by atoms with Crippen molar-refractivity contribution in [2.45, 2.75) is 304 Å². The lowest BCUT2D eigenvalue weighted by Gasteiger charge is -2.48. The lowest BCUT2D eigenvalue weighted by molar-refractivity contribution is -0.379. The van der Waals surface area contributed by atoms with E-state index in [2.05, 4.69) is 67.8 Å². The van der Waals surface area contributed by atoms with Crippen molar-refractivity contribution in [2.24, 2.45) is 0 Å². The van der Waals surface area contributed by atoms with E-state index in [1.807, 2.05) is 6.08 Å². The second kappa shape index (κ2) is 45.8. The SMILES string of the molecule is CC/C=C\C/C=C\C/C=C\CCCCCCCCCC(=O)NC(COC1OC(CO)C(OC2OC(CO)C(OC3OC(CO)C(O)C(O)C3O)C(O)C2O)C(O)C1O)C(O)/C=C/CC/C=C/CCCCCCCCCCCCCCCC. The van der Waals surface area contributed by atoms with E-state index in [1.54, 1.807) is 6.08 Å². The van der Waals surface area contributed by atoms with Gasteiger partial charge in [0.2, 0.25) is 5.91 Å². The molecule has 3 rings (SSSR count). The maximum absolute atomic E-state index is 13.3. The van der Waals surface area contributed by atoms with Gasteiger partial charge in [0.1, 0.15) is 73.2 Å². The molecule has 12 N–H and O–H groups in total. The van der Waals surface area contributed by atoms with Crippen molar-refractivity contribution in [3.05, 3.63) is 60.8 Å². The molecule has 82 heavy (non-hydrogen) atoms. The Balaban J connectivity index is 1.50. The van der Waals surface area contributed by atoms with Crippen LogP contribution in [-0.2, 0) is 33.2 Å². The van der Waals surface area contributed by atoms with Gasteiger partial charge in [-0.25, -0.2) is 0 Å². The number of aliphatic hydroxyl groups excluding tert-OH is 11. The topological polar surface area (TPSA) is 307 Å². The highest BCUT2D eigenvalue weighted by Gasteiger charge is 2.53. The van der Waals surface area contributed by atoms with Crippen molar-refractivity contribution < 1.29 is 89.4 Å². The monoisotopic (exact) mass is 1170 g/mol. The molecule has 3 aliphatic rings. The van der Waals surface area contributed by atoms with Crippen LogP contribution in [0, 0.1) is 0 Å². The van der Waals surface area contributed by atoms with Gasteiger partial charge in [-0.05, 0) is 64.2 Å². The van der Waals surface area contributed by atoms with Crippen LogP contribution in [0.3, 0.4) is 0 Å².